The minimum Gasteiger partial charge on any atom is -0.459 e. The van der Waals surface area contributed by atoms with Crippen LogP contribution >= 0.6 is 11.3 Å². The first-order valence-corrected chi connectivity index (χ1v) is 11.8. The Labute approximate surface area is 200 Å². The van der Waals surface area contributed by atoms with Gasteiger partial charge in [-0.15, -0.1) is 11.3 Å². The molecule has 1 heterocycles. The highest BCUT2D eigenvalue weighted by Crippen LogP contribution is 2.35. The Hall–Kier alpha value is -2.93. The van der Waals surface area contributed by atoms with E-state index in [0.29, 0.717) is 5.56 Å². The smallest absolute Gasteiger partial charge is 0.348 e. The summed E-state index contributed by atoms with van der Waals surface area (Å²) in [5.74, 6) is -1.56. The highest BCUT2D eigenvalue weighted by atomic mass is 32.1. The van der Waals surface area contributed by atoms with Crippen LogP contribution in [-0.4, -0.2) is 30.1 Å². The molecule has 6 nitrogen and oxygen atoms in total. The molecule has 0 unspecified atom stereocenters. The Balaban J connectivity index is 2.28. The number of hydrogen-bond donors (Lipinski definition) is 1. The molecule has 178 valence electrons. The van der Waals surface area contributed by atoms with Crippen molar-refractivity contribution in [3.63, 3.8) is 0 Å². The van der Waals surface area contributed by atoms with Gasteiger partial charge >= 0.3 is 11.9 Å². The number of ether oxygens (including phenoxy) is 2. The zero-order chi connectivity index (χ0) is 24.9. The van der Waals surface area contributed by atoms with Crippen LogP contribution in [0.15, 0.2) is 30.3 Å². The number of esters is 2. The molecular formula is C26H33NO5S. The summed E-state index contributed by atoms with van der Waals surface area (Å²) in [4.78, 5) is 38.1. The Morgan fingerprint density at radius 3 is 2.00 bits per heavy atom. The van der Waals surface area contributed by atoms with Gasteiger partial charge in [0.2, 0.25) is 5.91 Å². The van der Waals surface area contributed by atoms with Crippen molar-refractivity contribution in [1.29, 1.82) is 0 Å². The lowest BCUT2D eigenvalue weighted by atomic mass is 9.87. The summed E-state index contributed by atoms with van der Waals surface area (Å²) in [7, 11) is 0. The van der Waals surface area contributed by atoms with Crippen LogP contribution in [0.2, 0.25) is 0 Å². The molecule has 1 N–H and O–H groups in total. The molecule has 2 rings (SSSR count). The second kappa shape index (κ2) is 10.8. The summed E-state index contributed by atoms with van der Waals surface area (Å²) >= 11 is 1.01. The van der Waals surface area contributed by atoms with Gasteiger partial charge in [0.25, 0.3) is 0 Å². The fourth-order valence-electron chi connectivity index (χ4n) is 3.00. The van der Waals surface area contributed by atoms with Crippen molar-refractivity contribution < 1.29 is 23.9 Å². The second-order valence-corrected chi connectivity index (χ2v) is 10.4. The molecule has 0 bridgehead atoms. The lowest BCUT2D eigenvalue weighted by Gasteiger charge is -2.18. The molecule has 0 saturated carbocycles. The van der Waals surface area contributed by atoms with E-state index in [2.05, 4.69) is 26.1 Å². The zero-order valence-corrected chi connectivity index (χ0v) is 21.4. The fourth-order valence-corrected chi connectivity index (χ4v) is 4.08. The SMILES string of the molecule is Cc1c(C(=O)OC(C)C)sc(NC(=O)C=Cc2ccc(C(C)(C)C)cc2)c1C(=O)OC(C)C. The highest BCUT2D eigenvalue weighted by Gasteiger charge is 2.28. The summed E-state index contributed by atoms with van der Waals surface area (Å²) in [6.07, 6.45) is 2.44. The molecule has 1 amide bonds. The van der Waals surface area contributed by atoms with Gasteiger partial charge in [-0.25, -0.2) is 9.59 Å². The third kappa shape index (κ3) is 7.29. The van der Waals surface area contributed by atoms with Crippen molar-refractivity contribution in [3.8, 4) is 0 Å². The fraction of sp³-hybridized carbons (Fsp3) is 0.423. The molecule has 1 aromatic carbocycles. The monoisotopic (exact) mass is 471 g/mol. The number of nitrogens with one attached hydrogen (secondary N) is 1. The van der Waals surface area contributed by atoms with E-state index in [9.17, 15) is 14.4 Å². The van der Waals surface area contributed by atoms with E-state index in [4.69, 9.17) is 9.47 Å². The molecule has 0 aliphatic heterocycles. The Bertz CT molecular complexity index is 1040. The van der Waals surface area contributed by atoms with Crippen LogP contribution < -0.4 is 5.32 Å². The first kappa shape index (κ1) is 26.3. The maximum absolute atomic E-state index is 12.7. The molecule has 2 aromatic rings. The number of anilines is 1. The molecule has 7 heteroatoms. The van der Waals surface area contributed by atoms with Gasteiger partial charge in [-0.3, -0.25) is 4.79 Å². The van der Waals surface area contributed by atoms with E-state index < -0.39 is 17.8 Å². The maximum atomic E-state index is 12.7. The average Bonchev–Trinajstić information content (AvgIpc) is 3.01. The van der Waals surface area contributed by atoms with Gasteiger partial charge in [-0.05, 0) is 62.8 Å². The van der Waals surface area contributed by atoms with Crippen molar-refractivity contribution in [3.05, 3.63) is 57.5 Å². The van der Waals surface area contributed by atoms with Crippen LogP contribution in [0.3, 0.4) is 0 Å². The lowest BCUT2D eigenvalue weighted by molar-refractivity contribution is -0.111. The van der Waals surface area contributed by atoms with Gasteiger partial charge in [0.1, 0.15) is 9.88 Å². The predicted octanol–water partition coefficient (Wildman–Crippen LogP) is 6.14. The van der Waals surface area contributed by atoms with E-state index in [0.717, 1.165) is 16.9 Å². The van der Waals surface area contributed by atoms with E-state index in [1.165, 1.54) is 11.6 Å². The van der Waals surface area contributed by atoms with Crippen LogP contribution in [0.1, 0.15) is 85.2 Å². The molecule has 0 fully saturated rings. The van der Waals surface area contributed by atoms with E-state index in [1.807, 2.05) is 24.3 Å². The lowest BCUT2D eigenvalue weighted by Crippen LogP contribution is -2.16. The number of rotatable bonds is 7. The second-order valence-electron chi connectivity index (χ2n) is 9.36. The Morgan fingerprint density at radius 2 is 1.48 bits per heavy atom. The van der Waals surface area contributed by atoms with Gasteiger partial charge < -0.3 is 14.8 Å². The van der Waals surface area contributed by atoms with Gasteiger partial charge in [0.05, 0.1) is 17.8 Å². The summed E-state index contributed by atoms with van der Waals surface area (Å²) < 4.78 is 10.6. The van der Waals surface area contributed by atoms with Crippen molar-refractivity contribution in [2.24, 2.45) is 0 Å². The molecule has 33 heavy (non-hydrogen) atoms. The van der Waals surface area contributed by atoms with Crippen molar-refractivity contribution in [1.82, 2.24) is 0 Å². The maximum Gasteiger partial charge on any atom is 0.348 e. The van der Waals surface area contributed by atoms with Crippen molar-refractivity contribution >= 4 is 40.3 Å². The molecule has 0 radical (unpaired) electrons. The van der Waals surface area contributed by atoms with Crippen LogP contribution in [0.4, 0.5) is 5.00 Å². The first-order chi connectivity index (χ1) is 15.3. The van der Waals surface area contributed by atoms with E-state index >= 15 is 0 Å². The summed E-state index contributed by atoms with van der Waals surface area (Å²) in [6, 6.07) is 7.97. The molecule has 1 aromatic heterocycles. The molecule has 0 atom stereocenters. The minimum absolute atomic E-state index is 0.0477. The molecule has 0 saturated heterocycles. The quantitative estimate of drug-likeness (QED) is 0.388. The van der Waals surface area contributed by atoms with Crippen LogP contribution in [0.5, 0.6) is 0 Å². The van der Waals surface area contributed by atoms with Gasteiger partial charge in [-0.2, -0.15) is 0 Å². The van der Waals surface area contributed by atoms with Crippen LogP contribution in [0, 0.1) is 6.92 Å². The first-order valence-electron chi connectivity index (χ1n) is 10.9. The Morgan fingerprint density at radius 1 is 0.939 bits per heavy atom. The highest BCUT2D eigenvalue weighted by molar-refractivity contribution is 7.18. The molecule has 0 spiro atoms. The number of benzene rings is 1. The van der Waals surface area contributed by atoms with Crippen LogP contribution in [-0.2, 0) is 19.7 Å². The number of thiophene rings is 1. The van der Waals surface area contributed by atoms with Gasteiger partial charge in [0.15, 0.2) is 0 Å². The largest absolute Gasteiger partial charge is 0.459 e. The van der Waals surface area contributed by atoms with Gasteiger partial charge in [-0.1, -0.05) is 45.0 Å². The number of carbonyl (C=O) groups excluding carboxylic acids is 3. The molecule has 0 aliphatic rings. The average molecular weight is 472 g/mol. The van der Waals surface area contributed by atoms with E-state index in [-0.39, 0.29) is 33.1 Å². The van der Waals surface area contributed by atoms with E-state index in [1.54, 1.807) is 40.7 Å². The summed E-state index contributed by atoms with van der Waals surface area (Å²) in [6.45, 7) is 15.0. The topological polar surface area (TPSA) is 81.7 Å². The minimum atomic E-state index is -0.598. The summed E-state index contributed by atoms with van der Waals surface area (Å²) in [5.41, 5.74) is 2.72. The normalized spacial score (nSPS) is 11.8. The summed E-state index contributed by atoms with van der Waals surface area (Å²) in [5, 5.41) is 2.98. The number of carbonyl (C=O) groups is 3. The third-order valence-electron chi connectivity index (χ3n) is 4.66. The molecule has 0 aliphatic carbocycles. The van der Waals surface area contributed by atoms with Crippen molar-refractivity contribution in [2.75, 3.05) is 5.32 Å². The van der Waals surface area contributed by atoms with Crippen LogP contribution in [0.25, 0.3) is 6.08 Å². The molecular weight excluding hydrogens is 438 g/mol. The predicted molar refractivity (Wildman–Crippen MR) is 133 cm³/mol. The number of amides is 1. The Kier molecular flexibility index (Phi) is 8.61. The number of hydrogen-bond acceptors (Lipinski definition) is 6. The zero-order valence-electron chi connectivity index (χ0n) is 20.6. The van der Waals surface area contributed by atoms with Gasteiger partial charge in [0, 0.05) is 6.08 Å². The third-order valence-corrected chi connectivity index (χ3v) is 5.85. The standard InChI is InChI=1S/C26H33NO5S/c1-15(2)31-24(29)21-17(5)22(25(30)32-16(3)4)33-23(21)27-20(28)14-11-18-9-12-19(13-10-18)26(6,7)8/h9-16H,1-8H3,(H,27,28). The van der Waals surface area contributed by atoms with Crippen molar-refractivity contribution in [2.45, 2.75) is 73.0 Å².